The molecule has 0 aliphatic heterocycles. The Labute approximate surface area is 206 Å². The van der Waals surface area contributed by atoms with Crippen LogP contribution in [-0.2, 0) is 6.54 Å². The average Bonchev–Trinajstić information content (AvgIpc) is 3.17. The number of carbonyl (C=O) groups is 1. The van der Waals surface area contributed by atoms with Crippen molar-refractivity contribution in [3.63, 3.8) is 0 Å². The first-order chi connectivity index (χ1) is 16.9. The molecule has 1 unspecified atom stereocenters. The van der Waals surface area contributed by atoms with Crippen LogP contribution in [0.5, 0.6) is 5.88 Å². The standard InChI is InChI=1S/C27H35N5O3/c1-16(2)20-12-13-28-21(14-20)25-30-23-22(32(25)15-18-8-5-4-6-9-18)26(31-24(29-23)27(33)34)35-17(3)19-10-7-11-19/h12-14,16-19H,4-11,15H2,1-3H3,(H,33,34). The van der Waals surface area contributed by atoms with Crippen molar-refractivity contribution in [3.05, 3.63) is 29.7 Å². The van der Waals surface area contributed by atoms with Crippen LogP contribution in [0.25, 0.3) is 22.7 Å². The molecular formula is C27H35N5O3. The largest absolute Gasteiger partial charge is 0.475 e. The number of rotatable bonds is 8. The van der Waals surface area contributed by atoms with E-state index >= 15 is 0 Å². The van der Waals surface area contributed by atoms with Crippen molar-refractivity contribution in [3.8, 4) is 17.4 Å². The monoisotopic (exact) mass is 477 g/mol. The van der Waals surface area contributed by atoms with Gasteiger partial charge in [-0.15, -0.1) is 0 Å². The van der Waals surface area contributed by atoms with E-state index in [1.807, 2.05) is 12.3 Å². The minimum atomic E-state index is -1.18. The minimum absolute atomic E-state index is 0.0487. The fourth-order valence-electron chi connectivity index (χ4n) is 5.29. The van der Waals surface area contributed by atoms with Gasteiger partial charge in [0.25, 0.3) is 0 Å². The molecule has 1 N–H and O–H groups in total. The van der Waals surface area contributed by atoms with Gasteiger partial charge in [-0.3, -0.25) is 4.98 Å². The molecule has 3 aromatic heterocycles. The third-order valence-corrected chi connectivity index (χ3v) is 7.72. The summed E-state index contributed by atoms with van der Waals surface area (Å²) in [7, 11) is 0. The number of hydrogen-bond acceptors (Lipinski definition) is 6. The molecule has 8 heteroatoms. The summed E-state index contributed by atoms with van der Waals surface area (Å²) in [6, 6.07) is 4.10. The first kappa shape index (κ1) is 23.7. The van der Waals surface area contributed by atoms with Crippen LogP contribution in [0.15, 0.2) is 18.3 Å². The highest BCUT2D eigenvalue weighted by atomic mass is 16.5. The van der Waals surface area contributed by atoms with Gasteiger partial charge in [0.05, 0.1) is 0 Å². The molecule has 2 fully saturated rings. The number of carboxylic acid groups (broad SMARTS) is 1. The molecule has 0 aromatic carbocycles. The molecule has 186 valence electrons. The van der Waals surface area contributed by atoms with Crippen molar-refractivity contribution in [2.45, 2.75) is 90.7 Å². The Kier molecular flexibility index (Phi) is 6.71. The predicted octanol–water partition coefficient (Wildman–Crippen LogP) is 5.86. The van der Waals surface area contributed by atoms with Gasteiger partial charge in [0.2, 0.25) is 11.7 Å². The van der Waals surface area contributed by atoms with Gasteiger partial charge in [-0.05, 0) is 68.1 Å². The van der Waals surface area contributed by atoms with Crippen LogP contribution in [0.1, 0.15) is 94.2 Å². The van der Waals surface area contributed by atoms with Crippen LogP contribution in [0.2, 0.25) is 0 Å². The number of aromatic nitrogens is 5. The van der Waals surface area contributed by atoms with Gasteiger partial charge in [-0.25, -0.2) is 14.8 Å². The molecule has 0 bridgehead atoms. The zero-order chi connectivity index (χ0) is 24.5. The number of nitrogens with zero attached hydrogens (tertiary/aromatic N) is 5. The molecule has 5 rings (SSSR count). The van der Waals surface area contributed by atoms with E-state index in [1.165, 1.54) is 44.1 Å². The highest BCUT2D eigenvalue weighted by Crippen LogP contribution is 2.36. The number of pyridine rings is 1. The summed E-state index contributed by atoms with van der Waals surface area (Å²) >= 11 is 0. The smallest absolute Gasteiger partial charge is 0.374 e. The van der Waals surface area contributed by atoms with Gasteiger partial charge in [0.1, 0.15) is 11.8 Å². The third-order valence-electron chi connectivity index (χ3n) is 7.72. The molecule has 0 amide bonds. The lowest BCUT2D eigenvalue weighted by Gasteiger charge is -2.31. The molecule has 35 heavy (non-hydrogen) atoms. The van der Waals surface area contributed by atoms with E-state index in [2.05, 4.69) is 46.4 Å². The predicted molar refractivity (Wildman–Crippen MR) is 134 cm³/mol. The zero-order valence-corrected chi connectivity index (χ0v) is 20.9. The second-order valence-corrected chi connectivity index (χ2v) is 10.5. The first-order valence-corrected chi connectivity index (χ1v) is 13.0. The van der Waals surface area contributed by atoms with E-state index in [4.69, 9.17) is 9.72 Å². The lowest BCUT2D eigenvalue weighted by atomic mass is 9.82. The Morgan fingerprint density at radius 1 is 1.09 bits per heavy atom. The Morgan fingerprint density at radius 3 is 2.51 bits per heavy atom. The average molecular weight is 478 g/mol. The van der Waals surface area contributed by atoms with Crippen molar-refractivity contribution in [1.29, 1.82) is 0 Å². The second kappa shape index (κ2) is 9.91. The Bertz CT molecular complexity index is 1210. The lowest BCUT2D eigenvalue weighted by molar-refractivity contribution is 0.0676. The number of carboxylic acids is 1. The molecule has 2 aliphatic carbocycles. The maximum atomic E-state index is 11.9. The van der Waals surface area contributed by atoms with Crippen molar-refractivity contribution < 1.29 is 14.6 Å². The van der Waals surface area contributed by atoms with E-state index in [9.17, 15) is 9.90 Å². The van der Waals surface area contributed by atoms with Crippen LogP contribution in [0.3, 0.4) is 0 Å². The van der Waals surface area contributed by atoms with Crippen LogP contribution >= 0.6 is 0 Å². The summed E-state index contributed by atoms with van der Waals surface area (Å²) in [5.41, 5.74) is 2.98. The fraction of sp³-hybridized carbons (Fsp3) is 0.593. The first-order valence-electron chi connectivity index (χ1n) is 13.0. The van der Waals surface area contributed by atoms with Crippen LogP contribution in [-0.4, -0.2) is 41.7 Å². The second-order valence-electron chi connectivity index (χ2n) is 10.5. The molecule has 2 aliphatic rings. The van der Waals surface area contributed by atoms with Crippen LogP contribution in [0.4, 0.5) is 0 Å². The molecule has 3 heterocycles. The quantitative estimate of drug-likeness (QED) is 0.433. The van der Waals surface area contributed by atoms with E-state index in [1.54, 1.807) is 0 Å². The maximum absolute atomic E-state index is 11.9. The zero-order valence-electron chi connectivity index (χ0n) is 20.9. The third kappa shape index (κ3) is 4.88. The molecular weight excluding hydrogens is 442 g/mol. The molecule has 0 spiro atoms. The Balaban J connectivity index is 1.67. The minimum Gasteiger partial charge on any atom is -0.475 e. The summed E-state index contributed by atoms with van der Waals surface area (Å²) < 4.78 is 8.51. The Morgan fingerprint density at radius 2 is 1.86 bits per heavy atom. The summed E-state index contributed by atoms with van der Waals surface area (Å²) in [5.74, 6) is 0.888. The van der Waals surface area contributed by atoms with E-state index < -0.39 is 5.97 Å². The molecule has 3 aromatic rings. The normalized spacial score (nSPS) is 18.1. The van der Waals surface area contributed by atoms with Gasteiger partial charge in [0.15, 0.2) is 17.0 Å². The summed E-state index contributed by atoms with van der Waals surface area (Å²) in [6.07, 6.45) is 11.3. The number of imidazole rings is 1. The summed E-state index contributed by atoms with van der Waals surface area (Å²) in [5, 5.41) is 9.69. The van der Waals surface area contributed by atoms with E-state index in [0.29, 0.717) is 40.6 Å². The molecule has 2 saturated carbocycles. The fourth-order valence-corrected chi connectivity index (χ4v) is 5.29. The van der Waals surface area contributed by atoms with Crippen molar-refractivity contribution in [2.24, 2.45) is 11.8 Å². The Hall–Kier alpha value is -3.03. The molecule has 1 atom stereocenters. The number of fused-ring (bicyclic) bond motifs is 1. The van der Waals surface area contributed by atoms with Gasteiger partial charge < -0.3 is 14.4 Å². The van der Waals surface area contributed by atoms with Gasteiger partial charge >= 0.3 is 5.97 Å². The van der Waals surface area contributed by atoms with Crippen molar-refractivity contribution in [2.75, 3.05) is 0 Å². The van der Waals surface area contributed by atoms with E-state index in [0.717, 1.165) is 25.1 Å². The van der Waals surface area contributed by atoms with Crippen molar-refractivity contribution >= 4 is 17.1 Å². The topological polar surface area (TPSA) is 103 Å². The van der Waals surface area contributed by atoms with Gasteiger partial charge in [0, 0.05) is 12.7 Å². The van der Waals surface area contributed by atoms with Crippen LogP contribution < -0.4 is 4.74 Å². The number of ether oxygens (including phenoxy) is 1. The van der Waals surface area contributed by atoms with Gasteiger partial charge in [-0.1, -0.05) is 39.5 Å². The highest BCUT2D eigenvalue weighted by Gasteiger charge is 2.30. The van der Waals surface area contributed by atoms with Gasteiger partial charge in [-0.2, -0.15) is 4.98 Å². The van der Waals surface area contributed by atoms with Crippen LogP contribution in [0, 0.1) is 11.8 Å². The lowest BCUT2D eigenvalue weighted by Crippen LogP contribution is -2.29. The highest BCUT2D eigenvalue weighted by molar-refractivity contribution is 5.88. The number of hydrogen-bond donors (Lipinski definition) is 1. The summed E-state index contributed by atoms with van der Waals surface area (Å²) in [4.78, 5) is 30.1. The van der Waals surface area contributed by atoms with E-state index in [-0.39, 0.29) is 11.9 Å². The summed E-state index contributed by atoms with van der Waals surface area (Å²) in [6.45, 7) is 7.13. The molecule has 0 saturated heterocycles. The molecule has 0 radical (unpaired) electrons. The molecule has 8 nitrogen and oxygen atoms in total. The van der Waals surface area contributed by atoms with Crippen molar-refractivity contribution in [1.82, 2.24) is 24.5 Å². The number of aromatic carboxylic acids is 1. The SMILES string of the molecule is CC(C)c1ccnc(-c2nc3nc(C(=O)O)nc(OC(C)C4CCC4)c3n2CC2CCCCC2)c1. The maximum Gasteiger partial charge on any atom is 0.374 e.